The van der Waals surface area contributed by atoms with E-state index in [2.05, 4.69) is 5.32 Å². The molecule has 1 atom stereocenters. The molecule has 3 N–H and O–H groups in total. The second-order valence-electron chi connectivity index (χ2n) is 3.86. The van der Waals surface area contributed by atoms with Crippen LogP contribution in [0.2, 0.25) is 0 Å². The molecule has 0 aliphatic heterocycles. The topological polar surface area (TPSA) is 78.8 Å². The van der Waals surface area contributed by atoms with Crippen molar-refractivity contribution in [2.45, 2.75) is 19.4 Å². The molecule has 0 bridgehead atoms. The molecular formula is C12H17NO4. The summed E-state index contributed by atoms with van der Waals surface area (Å²) in [5, 5.41) is 21.2. The molecule has 5 nitrogen and oxygen atoms in total. The molecule has 0 aliphatic carbocycles. The van der Waals surface area contributed by atoms with Crippen molar-refractivity contribution in [2.75, 3.05) is 13.7 Å². The molecule has 1 aromatic carbocycles. The van der Waals surface area contributed by atoms with Gasteiger partial charge in [0.15, 0.2) is 11.5 Å². The third-order valence-corrected chi connectivity index (χ3v) is 2.37. The van der Waals surface area contributed by atoms with Gasteiger partial charge < -0.3 is 20.3 Å². The van der Waals surface area contributed by atoms with Crippen molar-refractivity contribution in [2.24, 2.45) is 0 Å². The SMILES string of the molecule is COCCC(C)NC(=O)c1ccc(O)c(O)c1. The van der Waals surface area contributed by atoms with E-state index in [1.165, 1.54) is 18.2 Å². The number of ether oxygens (including phenoxy) is 1. The lowest BCUT2D eigenvalue weighted by Gasteiger charge is -2.13. The molecule has 0 saturated carbocycles. The van der Waals surface area contributed by atoms with Crippen molar-refractivity contribution < 1.29 is 19.7 Å². The Morgan fingerprint density at radius 1 is 1.41 bits per heavy atom. The number of aromatic hydroxyl groups is 2. The minimum absolute atomic E-state index is 0.0154. The predicted molar refractivity (Wildman–Crippen MR) is 63.2 cm³/mol. The quantitative estimate of drug-likeness (QED) is 0.676. The Morgan fingerprint density at radius 2 is 2.12 bits per heavy atom. The largest absolute Gasteiger partial charge is 0.504 e. The van der Waals surface area contributed by atoms with Crippen LogP contribution in [0, 0.1) is 0 Å². The standard InChI is InChI=1S/C12H17NO4/c1-8(5-6-17-2)13-12(16)9-3-4-10(14)11(15)7-9/h3-4,7-8,14-15H,5-6H2,1-2H3,(H,13,16). The maximum atomic E-state index is 11.7. The number of phenolic OH excluding ortho intramolecular Hbond substituents is 2. The highest BCUT2D eigenvalue weighted by atomic mass is 16.5. The molecule has 5 heteroatoms. The van der Waals surface area contributed by atoms with Gasteiger partial charge in [0.05, 0.1) is 0 Å². The van der Waals surface area contributed by atoms with Gasteiger partial charge in [-0.15, -0.1) is 0 Å². The van der Waals surface area contributed by atoms with E-state index in [4.69, 9.17) is 9.84 Å². The van der Waals surface area contributed by atoms with Crippen LogP contribution in [-0.2, 0) is 4.74 Å². The molecular weight excluding hydrogens is 222 g/mol. The Balaban J connectivity index is 2.60. The van der Waals surface area contributed by atoms with Crippen molar-refractivity contribution in [1.82, 2.24) is 5.32 Å². The first-order chi connectivity index (χ1) is 8.04. The van der Waals surface area contributed by atoms with E-state index >= 15 is 0 Å². The number of rotatable bonds is 5. The van der Waals surface area contributed by atoms with Crippen LogP contribution in [0.5, 0.6) is 11.5 Å². The van der Waals surface area contributed by atoms with E-state index in [-0.39, 0.29) is 23.4 Å². The summed E-state index contributed by atoms with van der Waals surface area (Å²) in [5.74, 6) is -0.833. The number of benzene rings is 1. The smallest absolute Gasteiger partial charge is 0.251 e. The highest BCUT2D eigenvalue weighted by Gasteiger charge is 2.11. The summed E-state index contributed by atoms with van der Waals surface area (Å²) in [6.45, 7) is 2.44. The van der Waals surface area contributed by atoms with Crippen molar-refractivity contribution >= 4 is 5.91 Å². The fourth-order valence-electron chi connectivity index (χ4n) is 1.34. The summed E-state index contributed by atoms with van der Waals surface area (Å²) < 4.78 is 4.91. The third kappa shape index (κ3) is 3.96. The lowest BCUT2D eigenvalue weighted by molar-refractivity contribution is 0.0929. The van der Waals surface area contributed by atoms with Crippen LogP contribution < -0.4 is 5.32 Å². The summed E-state index contributed by atoms with van der Waals surface area (Å²) in [5.41, 5.74) is 0.310. The monoisotopic (exact) mass is 239 g/mol. The Kier molecular flexibility index (Phi) is 4.78. The van der Waals surface area contributed by atoms with E-state index in [0.29, 0.717) is 18.6 Å². The lowest BCUT2D eigenvalue weighted by Crippen LogP contribution is -2.33. The molecule has 0 fully saturated rings. The fourth-order valence-corrected chi connectivity index (χ4v) is 1.34. The Labute approximate surface area is 100 Å². The maximum Gasteiger partial charge on any atom is 0.251 e. The number of methoxy groups -OCH3 is 1. The summed E-state index contributed by atoms with van der Waals surface area (Å²) in [7, 11) is 1.60. The highest BCUT2D eigenvalue weighted by molar-refractivity contribution is 5.95. The molecule has 0 aromatic heterocycles. The van der Waals surface area contributed by atoms with Crippen LogP contribution in [0.25, 0.3) is 0 Å². The van der Waals surface area contributed by atoms with Gasteiger partial charge >= 0.3 is 0 Å². The molecule has 1 unspecified atom stereocenters. The van der Waals surface area contributed by atoms with Crippen LogP contribution in [0.3, 0.4) is 0 Å². The lowest BCUT2D eigenvalue weighted by atomic mass is 10.1. The minimum Gasteiger partial charge on any atom is -0.504 e. The summed E-state index contributed by atoms with van der Waals surface area (Å²) >= 11 is 0. The summed E-state index contributed by atoms with van der Waals surface area (Å²) in [4.78, 5) is 11.7. The number of phenols is 2. The summed E-state index contributed by atoms with van der Waals surface area (Å²) in [6, 6.07) is 3.95. The predicted octanol–water partition coefficient (Wildman–Crippen LogP) is 1.25. The van der Waals surface area contributed by atoms with Crippen molar-refractivity contribution in [3.05, 3.63) is 23.8 Å². The van der Waals surface area contributed by atoms with Crippen LogP contribution in [0.15, 0.2) is 18.2 Å². The van der Waals surface area contributed by atoms with E-state index in [9.17, 15) is 9.90 Å². The Hall–Kier alpha value is -1.75. The average molecular weight is 239 g/mol. The van der Waals surface area contributed by atoms with Gasteiger partial charge in [-0.25, -0.2) is 0 Å². The number of amides is 1. The molecule has 0 aliphatic rings. The number of nitrogens with one attached hydrogen (secondary N) is 1. The zero-order valence-corrected chi connectivity index (χ0v) is 9.93. The molecule has 0 heterocycles. The van der Waals surface area contributed by atoms with Gasteiger partial charge in [-0.3, -0.25) is 4.79 Å². The second kappa shape index (κ2) is 6.10. The van der Waals surface area contributed by atoms with Gasteiger partial charge in [-0.1, -0.05) is 0 Å². The van der Waals surface area contributed by atoms with Crippen molar-refractivity contribution in [1.29, 1.82) is 0 Å². The Morgan fingerprint density at radius 3 is 2.71 bits per heavy atom. The van der Waals surface area contributed by atoms with E-state index in [1.807, 2.05) is 6.92 Å². The first-order valence-electron chi connectivity index (χ1n) is 5.36. The summed E-state index contributed by atoms with van der Waals surface area (Å²) in [6.07, 6.45) is 0.715. The van der Waals surface area contributed by atoms with Gasteiger partial charge in [-0.2, -0.15) is 0 Å². The van der Waals surface area contributed by atoms with Gasteiger partial charge in [0.1, 0.15) is 0 Å². The van der Waals surface area contributed by atoms with Crippen LogP contribution >= 0.6 is 0 Å². The van der Waals surface area contributed by atoms with E-state index in [0.717, 1.165) is 0 Å². The molecule has 94 valence electrons. The Bertz CT molecular complexity index is 392. The third-order valence-electron chi connectivity index (χ3n) is 2.37. The fraction of sp³-hybridized carbons (Fsp3) is 0.417. The molecule has 1 rings (SSSR count). The zero-order chi connectivity index (χ0) is 12.8. The van der Waals surface area contributed by atoms with Crippen LogP contribution in [0.1, 0.15) is 23.7 Å². The molecule has 0 radical (unpaired) electrons. The van der Waals surface area contributed by atoms with Gasteiger partial charge in [0, 0.05) is 25.3 Å². The van der Waals surface area contributed by atoms with Crippen molar-refractivity contribution in [3.8, 4) is 11.5 Å². The molecule has 0 spiro atoms. The number of carbonyl (C=O) groups excluding carboxylic acids is 1. The molecule has 0 saturated heterocycles. The van der Waals surface area contributed by atoms with Gasteiger partial charge in [-0.05, 0) is 31.5 Å². The normalized spacial score (nSPS) is 12.1. The highest BCUT2D eigenvalue weighted by Crippen LogP contribution is 2.24. The van der Waals surface area contributed by atoms with Crippen LogP contribution in [-0.4, -0.2) is 35.9 Å². The zero-order valence-electron chi connectivity index (χ0n) is 9.93. The van der Waals surface area contributed by atoms with Gasteiger partial charge in [0.25, 0.3) is 5.91 Å². The first-order valence-corrected chi connectivity index (χ1v) is 5.36. The number of hydrogen-bond acceptors (Lipinski definition) is 4. The van der Waals surface area contributed by atoms with Crippen molar-refractivity contribution in [3.63, 3.8) is 0 Å². The first kappa shape index (κ1) is 13.3. The molecule has 17 heavy (non-hydrogen) atoms. The molecule has 1 amide bonds. The number of carbonyl (C=O) groups is 1. The number of hydrogen-bond donors (Lipinski definition) is 3. The van der Waals surface area contributed by atoms with E-state index < -0.39 is 0 Å². The van der Waals surface area contributed by atoms with E-state index in [1.54, 1.807) is 7.11 Å². The van der Waals surface area contributed by atoms with Gasteiger partial charge in [0.2, 0.25) is 0 Å². The second-order valence-corrected chi connectivity index (χ2v) is 3.86. The minimum atomic E-state index is -0.304. The molecule has 1 aromatic rings. The van der Waals surface area contributed by atoms with Crippen LogP contribution in [0.4, 0.5) is 0 Å². The maximum absolute atomic E-state index is 11.7. The average Bonchev–Trinajstić information content (AvgIpc) is 2.30.